The Bertz CT molecular complexity index is 1420. The molecule has 9 nitrogen and oxygen atoms in total. The zero-order chi connectivity index (χ0) is 22.5. The topological polar surface area (TPSA) is 164 Å². The quantitative estimate of drug-likeness (QED) is 0.183. The van der Waals surface area contributed by atoms with Crippen LogP contribution in [0.5, 0.6) is 0 Å². The number of nitrogens with two attached hydrogens (primary N) is 1. The zero-order valence-electron chi connectivity index (χ0n) is 17.6. The van der Waals surface area contributed by atoms with Gasteiger partial charge in [-0.15, -0.1) is 0 Å². The molecule has 158 valence electrons. The molecule has 3 aromatic carbocycles. The van der Waals surface area contributed by atoms with Gasteiger partial charge in [0.2, 0.25) is 0 Å². The van der Waals surface area contributed by atoms with Crippen molar-refractivity contribution in [3.05, 3.63) is 82.4 Å². The smallest absolute Gasteiger partial charge is 1.00 e. The molecule has 0 atom stereocenters. The summed E-state index contributed by atoms with van der Waals surface area (Å²) < 4.78 is 33.4. The largest absolute Gasteiger partial charge is 1.00 e. The van der Waals surface area contributed by atoms with E-state index in [2.05, 4.69) is 5.32 Å². The number of aromatic carboxylic acids is 1. The molecule has 0 saturated carbocycles. The summed E-state index contributed by atoms with van der Waals surface area (Å²) in [5.41, 5.74) is 4.58. The average molecular weight is 462 g/mol. The first kappa shape index (κ1) is 23.6. The number of rotatable bonds is 4. The van der Waals surface area contributed by atoms with Gasteiger partial charge in [-0.3, -0.25) is 14.1 Å². The Kier molecular flexibility index (Phi) is 6.27. The first-order valence-corrected chi connectivity index (χ1v) is 10.3. The molecule has 11 heteroatoms. The number of benzene rings is 3. The maximum absolute atomic E-state index is 13.2. The predicted molar refractivity (Wildman–Crippen MR) is 112 cm³/mol. The van der Waals surface area contributed by atoms with Crippen molar-refractivity contribution in [2.75, 3.05) is 11.1 Å². The minimum absolute atomic E-state index is 0. The molecule has 0 aromatic heterocycles. The Hall–Kier alpha value is -3.02. The maximum Gasteiger partial charge on any atom is 1.00 e. The summed E-state index contributed by atoms with van der Waals surface area (Å²) in [7, 11) is -4.87. The molecule has 0 amide bonds. The predicted octanol–water partition coefficient (Wildman–Crippen LogP) is -0.151. The van der Waals surface area contributed by atoms with Crippen molar-refractivity contribution in [2.45, 2.75) is 4.90 Å². The van der Waals surface area contributed by atoms with E-state index < -0.39 is 38.2 Å². The molecular weight excluding hydrogens is 447 g/mol. The van der Waals surface area contributed by atoms with Gasteiger partial charge < -0.3 is 17.6 Å². The molecule has 0 heterocycles. The van der Waals surface area contributed by atoms with Gasteiger partial charge in [-0.05, 0) is 18.2 Å². The minimum atomic E-state index is -4.87. The van der Waals surface area contributed by atoms with Crippen molar-refractivity contribution in [2.24, 2.45) is 0 Å². The standard InChI is InChI=1S/C21H14N2O7S.Na.H/c22-18-15(31(28,29)30)9-14(23-13-8-4-3-7-12(13)21(26)27)16-17(18)20(25)11-6-2-1-5-10(11)19(16)24;;/h1-9,23H,22H2,(H,26,27)(H,28,29,30);;/q;+1;-1. The normalized spacial score (nSPS) is 12.4. The number of carboxylic acids is 1. The SMILES string of the molecule is Nc1c(S(=O)(=O)O)cc(Nc2ccccc2C(=O)O)c2c1C(=O)c1ccccc1C2=O.[H-].[Na+]. The van der Waals surface area contributed by atoms with E-state index in [1.54, 1.807) is 12.1 Å². The molecule has 0 spiro atoms. The van der Waals surface area contributed by atoms with Gasteiger partial charge in [0.25, 0.3) is 10.1 Å². The fraction of sp³-hybridized carbons (Fsp3) is 0. The molecule has 1 aliphatic carbocycles. The van der Waals surface area contributed by atoms with Crippen molar-refractivity contribution in [1.29, 1.82) is 0 Å². The molecule has 0 saturated heterocycles. The fourth-order valence-electron chi connectivity index (χ4n) is 3.53. The third-order valence-corrected chi connectivity index (χ3v) is 5.80. The number of carbonyl (C=O) groups is 3. The van der Waals surface area contributed by atoms with E-state index in [0.717, 1.165) is 6.07 Å². The van der Waals surface area contributed by atoms with Crippen molar-refractivity contribution >= 4 is 44.7 Å². The van der Waals surface area contributed by atoms with E-state index in [1.165, 1.54) is 36.4 Å². The molecule has 3 aromatic rings. The van der Waals surface area contributed by atoms with E-state index in [1.807, 2.05) is 0 Å². The van der Waals surface area contributed by atoms with Crippen molar-refractivity contribution in [3.8, 4) is 0 Å². The van der Waals surface area contributed by atoms with Gasteiger partial charge >= 0.3 is 35.5 Å². The van der Waals surface area contributed by atoms with Crippen LogP contribution >= 0.6 is 0 Å². The molecule has 0 fully saturated rings. The Morgan fingerprint density at radius 3 is 2.00 bits per heavy atom. The van der Waals surface area contributed by atoms with Gasteiger partial charge in [-0.1, -0.05) is 36.4 Å². The van der Waals surface area contributed by atoms with Crippen LogP contribution in [0.3, 0.4) is 0 Å². The van der Waals surface area contributed by atoms with Crippen molar-refractivity contribution in [3.63, 3.8) is 0 Å². The molecule has 0 unspecified atom stereocenters. The van der Waals surface area contributed by atoms with Crippen LogP contribution < -0.4 is 40.6 Å². The Morgan fingerprint density at radius 1 is 0.906 bits per heavy atom. The number of hydrogen-bond acceptors (Lipinski definition) is 7. The van der Waals surface area contributed by atoms with Crippen LogP contribution in [-0.2, 0) is 10.1 Å². The Labute approximate surface area is 205 Å². The number of carbonyl (C=O) groups excluding carboxylic acids is 2. The number of carboxylic acid groups (broad SMARTS) is 1. The first-order valence-electron chi connectivity index (χ1n) is 8.83. The second-order valence-electron chi connectivity index (χ2n) is 6.74. The molecule has 0 bridgehead atoms. The summed E-state index contributed by atoms with van der Waals surface area (Å²) in [6, 6.07) is 12.6. The van der Waals surface area contributed by atoms with Gasteiger partial charge in [0.1, 0.15) is 4.90 Å². The molecular formula is C21H15N2NaO7S. The van der Waals surface area contributed by atoms with E-state index >= 15 is 0 Å². The van der Waals surface area contributed by atoms with Crippen LogP contribution in [0.1, 0.15) is 43.6 Å². The van der Waals surface area contributed by atoms with Gasteiger partial charge in [0, 0.05) is 11.1 Å². The second kappa shape index (κ2) is 8.49. The Balaban J connectivity index is 0.00000193. The monoisotopic (exact) mass is 462 g/mol. The summed E-state index contributed by atoms with van der Waals surface area (Å²) in [6.07, 6.45) is 0. The fourth-order valence-corrected chi connectivity index (χ4v) is 4.18. The second-order valence-corrected chi connectivity index (χ2v) is 8.13. The average Bonchev–Trinajstić information content (AvgIpc) is 2.72. The molecule has 32 heavy (non-hydrogen) atoms. The summed E-state index contributed by atoms with van der Waals surface area (Å²) >= 11 is 0. The summed E-state index contributed by atoms with van der Waals surface area (Å²) in [5.74, 6) is -2.56. The van der Waals surface area contributed by atoms with E-state index in [-0.39, 0.29) is 70.2 Å². The van der Waals surface area contributed by atoms with Crippen LogP contribution in [0.25, 0.3) is 0 Å². The number of fused-ring (bicyclic) bond motifs is 2. The number of nitrogens with one attached hydrogen (secondary N) is 1. The number of nitrogen functional groups attached to an aromatic ring is 1. The molecule has 1 aliphatic rings. The van der Waals surface area contributed by atoms with Crippen LogP contribution in [0, 0.1) is 0 Å². The van der Waals surface area contributed by atoms with Crippen LogP contribution in [0.15, 0.2) is 59.5 Å². The van der Waals surface area contributed by atoms with E-state index in [0.29, 0.717) is 0 Å². The molecule has 4 rings (SSSR count). The van der Waals surface area contributed by atoms with Gasteiger partial charge in [0.15, 0.2) is 11.6 Å². The number of anilines is 3. The number of ketones is 2. The summed E-state index contributed by atoms with van der Waals surface area (Å²) in [5, 5.41) is 12.1. The molecule has 0 aliphatic heterocycles. The zero-order valence-corrected chi connectivity index (χ0v) is 19.4. The minimum Gasteiger partial charge on any atom is -1.00 e. The number of para-hydroxylation sites is 1. The summed E-state index contributed by atoms with van der Waals surface area (Å²) in [4.78, 5) is 37.1. The van der Waals surface area contributed by atoms with E-state index in [4.69, 9.17) is 5.73 Å². The third kappa shape index (κ3) is 3.83. The van der Waals surface area contributed by atoms with Crippen molar-refractivity contribution < 1.29 is 63.4 Å². The first-order chi connectivity index (χ1) is 14.6. The molecule has 5 N–H and O–H groups in total. The van der Waals surface area contributed by atoms with Gasteiger partial charge in [0.05, 0.1) is 33.8 Å². The number of hydrogen-bond donors (Lipinski definition) is 4. The van der Waals surface area contributed by atoms with Crippen LogP contribution in [0.2, 0.25) is 0 Å². The third-order valence-electron chi connectivity index (χ3n) is 4.90. The van der Waals surface area contributed by atoms with Crippen LogP contribution in [0.4, 0.5) is 17.1 Å². The van der Waals surface area contributed by atoms with Gasteiger partial charge in [-0.25, -0.2) is 4.79 Å². The van der Waals surface area contributed by atoms with Crippen LogP contribution in [-0.4, -0.2) is 35.6 Å². The van der Waals surface area contributed by atoms with Gasteiger partial charge in [-0.2, -0.15) is 8.42 Å². The van der Waals surface area contributed by atoms with Crippen molar-refractivity contribution in [1.82, 2.24) is 0 Å². The summed E-state index contributed by atoms with van der Waals surface area (Å²) in [6.45, 7) is 0. The Morgan fingerprint density at radius 2 is 1.44 bits per heavy atom. The molecule has 0 radical (unpaired) electrons. The van der Waals surface area contributed by atoms with E-state index in [9.17, 15) is 32.5 Å². The maximum atomic E-state index is 13.2.